The third-order valence-corrected chi connectivity index (χ3v) is 3.67. The third-order valence-electron chi connectivity index (χ3n) is 3.67. The Labute approximate surface area is 115 Å². The molecule has 0 spiro atoms. The van der Waals surface area contributed by atoms with Crippen molar-refractivity contribution in [3.63, 3.8) is 0 Å². The summed E-state index contributed by atoms with van der Waals surface area (Å²) in [5, 5.41) is 13.2. The minimum absolute atomic E-state index is 0.190. The number of hydrogen-bond donors (Lipinski definition) is 2. The van der Waals surface area contributed by atoms with Crippen molar-refractivity contribution in [2.24, 2.45) is 0 Å². The molecule has 1 aliphatic rings. The average Bonchev–Trinajstić information content (AvgIpc) is 2.96. The summed E-state index contributed by atoms with van der Waals surface area (Å²) in [6.45, 7) is 3.04. The van der Waals surface area contributed by atoms with E-state index in [0.717, 1.165) is 18.4 Å². The van der Waals surface area contributed by atoms with Gasteiger partial charge in [0.25, 0.3) is 0 Å². The van der Waals surface area contributed by atoms with E-state index < -0.39 is 6.10 Å². The lowest BCUT2D eigenvalue weighted by Crippen LogP contribution is -2.33. The molecule has 4 nitrogen and oxygen atoms in total. The van der Waals surface area contributed by atoms with E-state index in [0.29, 0.717) is 19.3 Å². The van der Waals surface area contributed by atoms with Gasteiger partial charge < -0.3 is 15.2 Å². The summed E-state index contributed by atoms with van der Waals surface area (Å²) in [7, 11) is 0. The maximum atomic E-state index is 9.90. The van der Waals surface area contributed by atoms with E-state index in [1.54, 1.807) is 6.20 Å². The van der Waals surface area contributed by atoms with Gasteiger partial charge in [-0.25, -0.2) is 0 Å². The number of ether oxygens (including phenoxy) is 1. The Morgan fingerprint density at radius 1 is 1.47 bits per heavy atom. The highest BCUT2D eigenvalue weighted by molar-refractivity contribution is 5.12. The van der Waals surface area contributed by atoms with Gasteiger partial charge in [-0.05, 0) is 31.4 Å². The highest BCUT2D eigenvalue weighted by atomic mass is 16.5. The van der Waals surface area contributed by atoms with Gasteiger partial charge in [0.15, 0.2) is 0 Å². The molecule has 1 aromatic rings. The van der Waals surface area contributed by atoms with Crippen LogP contribution in [0.15, 0.2) is 24.5 Å². The highest BCUT2D eigenvalue weighted by Gasteiger charge is 2.17. The van der Waals surface area contributed by atoms with Gasteiger partial charge in [0.05, 0.1) is 18.8 Å². The van der Waals surface area contributed by atoms with E-state index in [1.807, 2.05) is 18.3 Å². The first-order chi connectivity index (χ1) is 9.25. The van der Waals surface area contributed by atoms with Crippen LogP contribution >= 0.6 is 0 Å². The Hall–Kier alpha value is -0.970. The molecule has 2 N–H and O–H groups in total. The van der Waals surface area contributed by atoms with Crippen molar-refractivity contribution in [1.29, 1.82) is 0 Å². The van der Waals surface area contributed by atoms with Gasteiger partial charge >= 0.3 is 0 Å². The molecule has 106 valence electrons. The van der Waals surface area contributed by atoms with Gasteiger partial charge in [0.1, 0.15) is 0 Å². The van der Waals surface area contributed by atoms with E-state index in [1.165, 1.54) is 12.8 Å². The molecule has 0 bridgehead atoms. The van der Waals surface area contributed by atoms with Gasteiger partial charge in [0.2, 0.25) is 0 Å². The highest BCUT2D eigenvalue weighted by Crippen LogP contribution is 2.20. The van der Waals surface area contributed by atoms with E-state index in [9.17, 15) is 5.11 Å². The molecule has 1 fully saturated rings. The molecule has 1 unspecified atom stereocenters. The average molecular weight is 264 g/mol. The predicted molar refractivity (Wildman–Crippen MR) is 74.9 cm³/mol. The Kier molecular flexibility index (Phi) is 5.76. The fourth-order valence-electron chi connectivity index (χ4n) is 2.42. The number of nitrogens with zero attached hydrogens (tertiary/aromatic N) is 1. The second-order valence-electron chi connectivity index (χ2n) is 5.31. The van der Waals surface area contributed by atoms with Crippen LogP contribution in [0, 0.1) is 0 Å². The number of aromatic nitrogens is 1. The third kappa shape index (κ3) is 4.90. The molecule has 0 radical (unpaired) electrons. The van der Waals surface area contributed by atoms with Crippen molar-refractivity contribution in [1.82, 2.24) is 10.3 Å². The molecule has 0 aliphatic heterocycles. The van der Waals surface area contributed by atoms with Crippen molar-refractivity contribution in [3.05, 3.63) is 30.1 Å². The number of hydrogen-bond acceptors (Lipinski definition) is 4. The number of aliphatic hydroxyl groups excluding tert-OH is 1. The monoisotopic (exact) mass is 264 g/mol. The second-order valence-corrected chi connectivity index (χ2v) is 5.31. The molecule has 1 heterocycles. The molecule has 1 aliphatic carbocycles. The molecule has 0 aromatic carbocycles. The SMILES string of the molecule is C[C@H](NCC(O)COC1CCCC1)c1cccnc1. The topological polar surface area (TPSA) is 54.4 Å². The van der Waals surface area contributed by atoms with Crippen LogP contribution in [0.2, 0.25) is 0 Å². The van der Waals surface area contributed by atoms with Crippen LogP contribution in [0.5, 0.6) is 0 Å². The first kappa shape index (κ1) is 14.4. The molecule has 2 rings (SSSR count). The van der Waals surface area contributed by atoms with Crippen LogP contribution in [0.4, 0.5) is 0 Å². The molecule has 0 amide bonds. The summed E-state index contributed by atoms with van der Waals surface area (Å²) in [5.74, 6) is 0. The number of rotatable bonds is 7. The molecule has 1 aromatic heterocycles. The summed E-state index contributed by atoms with van der Waals surface area (Å²) in [4.78, 5) is 4.09. The Morgan fingerprint density at radius 2 is 2.26 bits per heavy atom. The first-order valence-corrected chi connectivity index (χ1v) is 7.18. The minimum Gasteiger partial charge on any atom is -0.389 e. The zero-order chi connectivity index (χ0) is 13.5. The van der Waals surface area contributed by atoms with Crippen LogP contribution in [0.3, 0.4) is 0 Å². The normalized spacial score (nSPS) is 19.5. The zero-order valence-corrected chi connectivity index (χ0v) is 11.6. The van der Waals surface area contributed by atoms with Crippen molar-refractivity contribution in [2.75, 3.05) is 13.2 Å². The standard InChI is InChI=1S/C15H24N2O2/c1-12(13-5-4-8-16-9-13)17-10-14(18)11-19-15-6-2-3-7-15/h4-5,8-9,12,14-15,17-18H,2-3,6-7,10-11H2,1H3/t12-,14?/m0/s1. The number of aliphatic hydroxyl groups is 1. The lowest BCUT2D eigenvalue weighted by atomic mass is 10.1. The van der Waals surface area contributed by atoms with Gasteiger partial charge in [-0.15, -0.1) is 0 Å². The van der Waals surface area contributed by atoms with Crippen molar-refractivity contribution in [3.8, 4) is 0 Å². The molecule has 0 saturated heterocycles. The quantitative estimate of drug-likeness (QED) is 0.791. The van der Waals surface area contributed by atoms with E-state index in [2.05, 4.69) is 17.2 Å². The van der Waals surface area contributed by atoms with Crippen LogP contribution in [0.1, 0.15) is 44.2 Å². The fraction of sp³-hybridized carbons (Fsp3) is 0.667. The largest absolute Gasteiger partial charge is 0.389 e. The first-order valence-electron chi connectivity index (χ1n) is 7.18. The molecule has 1 saturated carbocycles. The summed E-state index contributed by atoms with van der Waals surface area (Å²) < 4.78 is 5.70. The summed E-state index contributed by atoms with van der Waals surface area (Å²) in [5.41, 5.74) is 1.13. The van der Waals surface area contributed by atoms with Gasteiger partial charge in [-0.1, -0.05) is 18.9 Å². The van der Waals surface area contributed by atoms with Crippen LogP contribution in [-0.4, -0.2) is 35.5 Å². The maximum Gasteiger partial charge on any atom is 0.0898 e. The van der Waals surface area contributed by atoms with Gasteiger partial charge in [-0.3, -0.25) is 4.98 Å². The lowest BCUT2D eigenvalue weighted by molar-refractivity contribution is -0.00610. The van der Waals surface area contributed by atoms with Crippen LogP contribution in [0.25, 0.3) is 0 Å². The van der Waals surface area contributed by atoms with Crippen LogP contribution < -0.4 is 5.32 Å². The van der Waals surface area contributed by atoms with E-state index >= 15 is 0 Å². The summed E-state index contributed by atoms with van der Waals surface area (Å²) in [6, 6.07) is 4.15. The van der Waals surface area contributed by atoms with Crippen LogP contribution in [-0.2, 0) is 4.74 Å². The fourth-order valence-corrected chi connectivity index (χ4v) is 2.42. The van der Waals surface area contributed by atoms with E-state index in [4.69, 9.17) is 4.74 Å². The maximum absolute atomic E-state index is 9.90. The predicted octanol–water partition coefficient (Wildman–Crippen LogP) is 2.05. The van der Waals surface area contributed by atoms with Crippen molar-refractivity contribution in [2.45, 2.75) is 50.9 Å². The Bertz CT molecular complexity index is 352. The van der Waals surface area contributed by atoms with Gasteiger partial charge in [0, 0.05) is 25.0 Å². The summed E-state index contributed by atoms with van der Waals surface area (Å²) >= 11 is 0. The van der Waals surface area contributed by atoms with Crippen molar-refractivity contribution >= 4 is 0 Å². The minimum atomic E-state index is -0.445. The lowest BCUT2D eigenvalue weighted by Gasteiger charge is -2.19. The van der Waals surface area contributed by atoms with Crippen molar-refractivity contribution < 1.29 is 9.84 Å². The zero-order valence-electron chi connectivity index (χ0n) is 11.6. The molecule has 2 atom stereocenters. The number of pyridine rings is 1. The smallest absolute Gasteiger partial charge is 0.0898 e. The molecular formula is C15H24N2O2. The van der Waals surface area contributed by atoms with E-state index in [-0.39, 0.29) is 6.04 Å². The summed E-state index contributed by atoms with van der Waals surface area (Å²) in [6.07, 6.45) is 8.34. The second kappa shape index (κ2) is 7.58. The Balaban J connectivity index is 1.64. The molecule has 19 heavy (non-hydrogen) atoms. The number of nitrogens with one attached hydrogen (secondary N) is 1. The Morgan fingerprint density at radius 3 is 2.95 bits per heavy atom. The van der Waals surface area contributed by atoms with Gasteiger partial charge in [-0.2, -0.15) is 0 Å². The molecular weight excluding hydrogens is 240 g/mol. The molecule has 4 heteroatoms.